The lowest BCUT2D eigenvalue weighted by molar-refractivity contribution is 0.189. The second-order valence-corrected chi connectivity index (χ2v) is 8.34. The van der Waals surface area contributed by atoms with Crippen molar-refractivity contribution in [1.29, 1.82) is 0 Å². The molecule has 0 N–H and O–H groups in total. The second-order valence-electron chi connectivity index (χ2n) is 3.88. The molecule has 0 saturated carbocycles. The first-order chi connectivity index (χ1) is 5.37. The van der Waals surface area contributed by atoms with Gasteiger partial charge >= 0.3 is 0 Å². The quantitative estimate of drug-likeness (QED) is 0.289. The molecule has 4 nitrogen and oxygen atoms in total. The van der Waals surface area contributed by atoms with Crippen molar-refractivity contribution in [2.75, 3.05) is 0 Å². The highest BCUT2D eigenvalue weighted by atomic mass is 28.4. The molecule has 0 fully saturated rings. The number of hydrogen-bond donors (Lipinski definition) is 0. The van der Waals surface area contributed by atoms with Gasteiger partial charge in [-0.2, -0.15) is 0 Å². The molecular weight excluding hydrogens is 170 g/mol. The number of azide groups is 1. The molecule has 0 aromatic heterocycles. The Balaban J connectivity index is 4.03. The first-order valence-electron chi connectivity index (χ1n) is 4.09. The minimum Gasteiger partial charge on any atom is -0.415 e. The summed E-state index contributed by atoms with van der Waals surface area (Å²) in [5.74, 6) is 0. The molecule has 0 aromatic rings. The van der Waals surface area contributed by atoms with E-state index < -0.39 is 8.32 Å². The van der Waals surface area contributed by atoms with Crippen molar-refractivity contribution in [3.63, 3.8) is 0 Å². The van der Waals surface area contributed by atoms with E-state index in [9.17, 15) is 0 Å². The SMILES string of the molecule is C[C@H](N=[N+]=[N-])[C@H](C)O[Si](C)(C)C. The maximum atomic E-state index is 8.20. The minimum absolute atomic E-state index is 0.0209. The van der Waals surface area contributed by atoms with Crippen molar-refractivity contribution in [2.24, 2.45) is 5.11 Å². The highest BCUT2D eigenvalue weighted by Gasteiger charge is 2.21. The predicted molar refractivity (Wildman–Crippen MR) is 52.5 cm³/mol. The molecule has 0 spiro atoms. The van der Waals surface area contributed by atoms with Gasteiger partial charge < -0.3 is 4.43 Å². The Morgan fingerprint density at radius 3 is 2.17 bits per heavy atom. The summed E-state index contributed by atoms with van der Waals surface area (Å²) in [6.07, 6.45) is 0.0209. The van der Waals surface area contributed by atoms with E-state index in [0.717, 1.165) is 0 Å². The van der Waals surface area contributed by atoms with Gasteiger partial charge in [0.2, 0.25) is 0 Å². The molecule has 0 bridgehead atoms. The molecule has 12 heavy (non-hydrogen) atoms. The molecule has 70 valence electrons. The lowest BCUT2D eigenvalue weighted by Crippen LogP contribution is -2.35. The van der Waals surface area contributed by atoms with Crippen LogP contribution in [-0.2, 0) is 4.43 Å². The zero-order valence-electron chi connectivity index (χ0n) is 8.40. The highest BCUT2D eigenvalue weighted by Crippen LogP contribution is 2.11. The molecule has 2 atom stereocenters. The van der Waals surface area contributed by atoms with Crippen LogP contribution in [-0.4, -0.2) is 20.5 Å². The zero-order valence-corrected chi connectivity index (χ0v) is 9.40. The van der Waals surface area contributed by atoms with E-state index in [2.05, 4.69) is 29.7 Å². The van der Waals surface area contributed by atoms with Crippen molar-refractivity contribution >= 4 is 8.32 Å². The molecule has 0 aromatic carbocycles. The van der Waals surface area contributed by atoms with Crippen LogP contribution in [0.2, 0.25) is 19.6 Å². The molecule has 0 rings (SSSR count). The highest BCUT2D eigenvalue weighted by molar-refractivity contribution is 6.69. The minimum atomic E-state index is -1.50. The van der Waals surface area contributed by atoms with Crippen molar-refractivity contribution in [3.8, 4) is 0 Å². The molecule has 5 heteroatoms. The van der Waals surface area contributed by atoms with Gasteiger partial charge in [0.05, 0.1) is 12.1 Å². The van der Waals surface area contributed by atoms with Crippen LogP contribution in [0.3, 0.4) is 0 Å². The first-order valence-corrected chi connectivity index (χ1v) is 7.49. The molecule has 0 amide bonds. The molecule has 0 aliphatic rings. The molecular formula is C7H17N3OSi. The standard InChI is InChI=1S/C7H17N3OSi/c1-6(9-10-8)7(2)11-12(3,4)5/h6-7H,1-5H3/t6-,7-/m0/s1. The van der Waals surface area contributed by atoms with E-state index in [4.69, 9.17) is 9.96 Å². The van der Waals surface area contributed by atoms with E-state index in [1.165, 1.54) is 0 Å². The van der Waals surface area contributed by atoms with Gasteiger partial charge in [0.1, 0.15) is 0 Å². The van der Waals surface area contributed by atoms with Gasteiger partial charge in [0.25, 0.3) is 0 Å². The van der Waals surface area contributed by atoms with Gasteiger partial charge in [0, 0.05) is 4.91 Å². The predicted octanol–water partition coefficient (Wildman–Crippen LogP) is 2.93. The fraction of sp³-hybridized carbons (Fsp3) is 1.00. The van der Waals surface area contributed by atoms with Gasteiger partial charge in [-0.3, -0.25) is 0 Å². The average Bonchev–Trinajstić information content (AvgIpc) is 1.84. The van der Waals surface area contributed by atoms with Gasteiger partial charge in [-0.25, -0.2) is 0 Å². The van der Waals surface area contributed by atoms with E-state index in [0.29, 0.717) is 0 Å². The molecule has 0 heterocycles. The van der Waals surface area contributed by atoms with E-state index in [1.54, 1.807) is 0 Å². The van der Waals surface area contributed by atoms with Crippen LogP contribution < -0.4 is 0 Å². The fourth-order valence-electron chi connectivity index (χ4n) is 0.831. The second kappa shape index (κ2) is 4.50. The third-order valence-corrected chi connectivity index (χ3v) is 2.53. The molecule has 0 unspecified atom stereocenters. The van der Waals surface area contributed by atoms with Gasteiger partial charge in [0.15, 0.2) is 8.32 Å². The third-order valence-electron chi connectivity index (χ3n) is 1.45. The topological polar surface area (TPSA) is 58.0 Å². The van der Waals surface area contributed by atoms with Gasteiger partial charge in [-0.1, -0.05) is 12.0 Å². The first kappa shape index (κ1) is 11.5. The zero-order chi connectivity index (χ0) is 9.78. The van der Waals surface area contributed by atoms with Crippen LogP contribution in [0.15, 0.2) is 5.11 Å². The maximum Gasteiger partial charge on any atom is 0.184 e. The summed E-state index contributed by atoms with van der Waals surface area (Å²) in [5, 5.41) is 3.59. The van der Waals surface area contributed by atoms with Crippen LogP contribution in [0.1, 0.15) is 13.8 Å². The average molecular weight is 187 g/mol. The number of hydrogen-bond acceptors (Lipinski definition) is 2. The van der Waals surface area contributed by atoms with Gasteiger partial charge in [-0.15, -0.1) is 0 Å². The Bertz CT molecular complexity index is 184. The number of rotatable bonds is 4. The third kappa shape index (κ3) is 5.18. The largest absolute Gasteiger partial charge is 0.415 e. The Labute approximate surface area is 74.7 Å². The fourth-order valence-corrected chi connectivity index (χ4v) is 2.14. The number of nitrogens with zero attached hydrogens (tertiary/aromatic N) is 3. The summed E-state index contributed by atoms with van der Waals surface area (Å²) >= 11 is 0. The summed E-state index contributed by atoms with van der Waals surface area (Å²) in [5.41, 5.74) is 8.20. The molecule has 0 radical (unpaired) electrons. The lowest BCUT2D eigenvalue weighted by Gasteiger charge is -2.25. The van der Waals surface area contributed by atoms with Crippen LogP contribution in [0.25, 0.3) is 10.4 Å². The van der Waals surface area contributed by atoms with Crippen LogP contribution in [0, 0.1) is 0 Å². The van der Waals surface area contributed by atoms with E-state index in [1.807, 2.05) is 13.8 Å². The summed E-state index contributed by atoms with van der Waals surface area (Å²) in [6, 6.07) is -0.0817. The van der Waals surface area contributed by atoms with Crippen LogP contribution >= 0.6 is 0 Å². The van der Waals surface area contributed by atoms with Crippen molar-refractivity contribution in [2.45, 2.75) is 45.6 Å². The Morgan fingerprint density at radius 2 is 1.83 bits per heavy atom. The monoisotopic (exact) mass is 187 g/mol. The summed E-state index contributed by atoms with van der Waals surface area (Å²) in [4.78, 5) is 2.75. The van der Waals surface area contributed by atoms with Gasteiger partial charge in [-0.05, 0) is 32.1 Å². The summed E-state index contributed by atoms with van der Waals surface area (Å²) in [7, 11) is -1.50. The molecule has 0 aliphatic heterocycles. The van der Waals surface area contributed by atoms with E-state index in [-0.39, 0.29) is 12.1 Å². The van der Waals surface area contributed by atoms with Crippen molar-refractivity contribution < 1.29 is 4.43 Å². The Morgan fingerprint density at radius 1 is 1.33 bits per heavy atom. The normalized spacial score (nSPS) is 16.4. The van der Waals surface area contributed by atoms with Crippen LogP contribution in [0.5, 0.6) is 0 Å². The smallest absolute Gasteiger partial charge is 0.184 e. The van der Waals surface area contributed by atoms with Crippen LogP contribution in [0.4, 0.5) is 0 Å². The summed E-state index contributed by atoms with van der Waals surface area (Å²) in [6.45, 7) is 10.2. The Kier molecular flexibility index (Phi) is 4.30. The van der Waals surface area contributed by atoms with E-state index >= 15 is 0 Å². The molecule has 0 saturated heterocycles. The maximum absolute atomic E-state index is 8.20. The molecule has 0 aliphatic carbocycles. The summed E-state index contributed by atoms with van der Waals surface area (Å²) < 4.78 is 5.73. The Hall–Kier alpha value is -0.513. The van der Waals surface area contributed by atoms with Crippen molar-refractivity contribution in [1.82, 2.24) is 0 Å². The van der Waals surface area contributed by atoms with Crippen molar-refractivity contribution in [3.05, 3.63) is 10.4 Å². The lowest BCUT2D eigenvalue weighted by atomic mass is 10.2.